The zero-order valence-corrected chi connectivity index (χ0v) is 8.40. The van der Waals surface area contributed by atoms with Crippen molar-refractivity contribution < 1.29 is 4.79 Å². The maximum Gasteiger partial charge on any atom is 0.182 e. The molecule has 0 bridgehead atoms. The first-order valence-electron chi connectivity index (χ1n) is 4.69. The summed E-state index contributed by atoms with van der Waals surface area (Å²) in [5, 5.41) is 0. The van der Waals surface area contributed by atoms with E-state index in [2.05, 4.69) is 0 Å². The highest BCUT2D eigenvalue weighted by molar-refractivity contribution is 6.03. The maximum absolute atomic E-state index is 11.6. The average Bonchev–Trinajstić information content (AvgIpc) is 2.44. The molecule has 1 heterocycles. The molecule has 0 unspecified atom stereocenters. The average molecular weight is 187 g/mol. The molecule has 0 radical (unpaired) electrons. The molecule has 1 aliphatic rings. The van der Waals surface area contributed by atoms with E-state index in [0.717, 1.165) is 5.69 Å². The Morgan fingerprint density at radius 3 is 2.29 bits per heavy atom. The van der Waals surface area contributed by atoms with E-state index in [1.54, 1.807) is 6.08 Å². The fraction of sp³-hybridized carbons (Fsp3) is 0.250. The van der Waals surface area contributed by atoms with Crippen molar-refractivity contribution >= 4 is 11.5 Å². The molecule has 0 atom stereocenters. The first kappa shape index (κ1) is 9.00. The molecule has 0 saturated heterocycles. The van der Waals surface area contributed by atoms with Crippen LogP contribution in [0.1, 0.15) is 13.8 Å². The van der Waals surface area contributed by atoms with Crippen molar-refractivity contribution in [2.75, 3.05) is 4.90 Å². The zero-order valence-electron chi connectivity index (χ0n) is 8.40. The summed E-state index contributed by atoms with van der Waals surface area (Å²) in [5.74, 6) is 0.154. The monoisotopic (exact) mass is 187 g/mol. The Bertz CT molecular complexity index is 379. The number of carbonyl (C=O) groups is 1. The molecule has 0 fully saturated rings. The van der Waals surface area contributed by atoms with Crippen LogP contribution in [0, 0.1) is 0 Å². The van der Waals surface area contributed by atoms with E-state index in [-0.39, 0.29) is 5.78 Å². The number of anilines is 1. The van der Waals surface area contributed by atoms with Gasteiger partial charge in [-0.05, 0) is 32.1 Å². The van der Waals surface area contributed by atoms with Gasteiger partial charge in [-0.3, -0.25) is 4.79 Å². The summed E-state index contributed by atoms with van der Waals surface area (Å²) in [6.45, 7) is 3.87. The predicted octanol–water partition coefficient (Wildman–Crippen LogP) is 2.37. The van der Waals surface area contributed by atoms with Crippen molar-refractivity contribution in [3.8, 4) is 0 Å². The van der Waals surface area contributed by atoms with Gasteiger partial charge in [0.15, 0.2) is 5.78 Å². The molecule has 14 heavy (non-hydrogen) atoms. The molecule has 0 aromatic heterocycles. The molecule has 2 nitrogen and oxygen atoms in total. The van der Waals surface area contributed by atoms with Crippen LogP contribution in [-0.4, -0.2) is 11.3 Å². The quantitative estimate of drug-likeness (QED) is 0.672. The summed E-state index contributed by atoms with van der Waals surface area (Å²) < 4.78 is 0. The van der Waals surface area contributed by atoms with Gasteiger partial charge in [0, 0.05) is 11.9 Å². The number of ketones is 1. The molecule has 1 aliphatic heterocycles. The van der Waals surface area contributed by atoms with Gasteiger partial charge in [0.25, 0.3) is 0 Å². The second-order valence-corrected chi connectivity index (χ2v) is 3.94. The first-order valence-corrected chi connectivity index (χ1v) is 4.69. The van der Waals surface area contributed by atoms with Gasteiger partial charge in [-0.1, -0.05) is 18.2 Å². The second kappa shape index (κ2) is 2.98. The van der Waals surface area contributed by atoms with Gasteiger partial charge in [0.2, 0.25) is 0 Å². The minimum atomic E-state index is -0.443. The number of nitrogens with zero attached hydrogens (tertiary/aromatic N) is 1. The summed E-state index contributed by atoms with van der Waals surface area (Å²) in [4.78, 5) is 13.5. The lowest BCUT2D eigenvalue weighted by atomic mass is 10.00. The van der Waals surface area contributed by atoms with E-state index in [0.29, 0.717) is 0 Å². The molecule has 1 aromatic rings. The number of carbonyl (C=O) groups excluding carboxylic acids is 1. The van der Waals surface area contributed by atoms with Crippen LogP contribution in [-0.2, 0) is 4.79 Å². The van der Waals surface area contributed by atoms with Crippen LogP contribution in [0.15, 0.2) is 42.6 Å². The molecule has 0 spiro atoms. The fourth-order valence-electron chi connectivity index (χ4n) is 1.65. The lowest BCUT2D eigenvalue weighted by molar-refractivity contribution is -0.117. The van der Waals surface area contributed by atoms with E-state index in [4.69, 9.17) is 0 Å². The van der Waals surface area contributed by atoms with Crippen LogP contribution in [0.25, 0.3) is 0 Å². The minimum absolute atomic E-state index is 0.154. The second-order valence-electron chi connectivity index (χ2n) is 3.94. The summed E-state index contributed by atoms with van der Waals surface area (Å²) in [5.41, 5.74) is 0.612. The van der Waals surface area contributed by atoms with Crippen LogP contribution in [0.3, 0.4) is 0 Å². The lowest BCUT2D eigenvalue weighted by Crippen LogP contribution is -2.42. The van der Waals surface area contributed by atoms with Crippen molar-refractivity contribution in [3.63, 3.8) is 0 Å². The van der Waals surface area contributed by atoms with E-state index in [9.17, 15) is 4.79 Å². The SMILES string of the molecule is CC1(C)C(=O)C=CN1c1ccccc1. The van der Waals surface area contributed by atoms with Gasteiger partial charge < -0.3 is 4.90 Å². The topological polar surface area (TPSA) is 20.3 Å². The number of rotatable bonds is 1. The third kappa shape index (κ3) is 1.23. The van der Waals surface area contributed by atoms with Crippen LogP contribution in [0.4, 0.5) is 5.69 Å². The summed E-state index contributed by atoms with van der Waals surface area (Å²) >= 11 is 0. The Labute approximate surface area is 83.8 Å². The van der Waals surface area contributed by atoms with Crippen LogP contribution in [0.2, 0.25) is 0 Å². The Morgan fingerprint density at radius 2 is 1.79 bits per heavy atom. The molecule has 0 N–H and O–H groups in total. The fourth-order valence-corrected chi connectivity index (χ4v) is 1.65. The number of para-hydroxylation sites is 1. The normalized spacial score (nSPS) is 19.0. The van der Waals surface area contributed by atoms with E-state index >= 15 is 0 Å². The zero-order chi connectivity index (χ0) is 10.2. The highest BCUT2D eigenvalue weighted by Crippen LogP contribution is 2.29. The van der Waals surface area contributed by atoms with Crippen molar-refractivity contribution in [3.05, 3.63) is 42.6 Å². The van der Waals surface area contributed by atoms with Crippen molar-refractivity contribution in [1.29, 1.82) is 0 Å². The summed E-state index contributed by atoms with van der Waals surface area (Å²) in [6.07, 6.45) is 3.48. The molecule has 2 heteroatoms. The summed E-state index contributed by atoms with van der Waals surface area (Å²) in [7, 11) is 0. The lowest BCUT2D eigenvalue weighted by Gasteiger charge is -2.31. The molecular formula is C12H13NO. The Balaban J connectivity index is 2.38. The minimum Gasteiger partial charge on any atom is -0.335 e. The first-order chi connectivity index (χ1) is 6.62. The maximum atomic E-state index is 11.6. The number of benzene rings is 1. The smallest absolute Gasteiger partial charge is 0.182 e. The van der Waals surface area contributed by atoms with E-state index in [1.807, 2.05) is 55.3 Å². The molecule has 0 saturated carbocycles. The highest BCUT2D eigenvalue weighted by atomic mass is 16.1. The Morgan fingerprint density at radius 1 is 1.14 bits per heavy atom. The van der Waals surface area contributed by atoms with Crippen molar-refractivity contribution in [1.82, 2.24) is 0 Å². The third-order valence-corrected chi connectivity index (χ3v) is 2.61. The number of hydrogen-bond acceptors (Lipinski definition) is 2. The molecular weight excluding hydrogens is 174 g/mol. The molecule has 0 amide bonds. The van der Waals surface area contributed by atoms with Gasteiger partial charge in [-0.25, -0.2) is 0 Å². The van der Waals surface area contributed by atoms with Gasteiger partial charge >= 0.3 is 0 Å². The van der Waals surface area contributed by atoms with Crippen molar-refractivity contribution in [2.24, 2.45) is 0 Å². The van der Waals surface area contributed by atoms with Crippen LogP contribution in [0.5, 0.6) is 0 Å². The Hall–Kier alpha value is -1.57. The van der Waals surface area contributed by atoms with Crippen LogP contribution < -0.4 is 4.90 Å². The van der Waals surface area contributed by atoms with Crippen molar-refractivity contribution in [2.45, 2.75) is 19.4 Å². The molecule has 0 aliphatic carbocycles. The standard InChI is InChI=1S/C12H13NO/c1-12(2)11(14)8-9-13(12)10-6-4-3-5-7-10/h3-9H,1-2H3. The van der Waals surface area contributed by atoms with Gasteiger partial charge in [-0.2, -0.15) is 0 Å². The Kier molecular flexibility index (Phi) is 1.92. The molecule has 1 aromatic carbocycles. The van der Waals surface area contributed by atoms with Gasteiger partial charge in [0.05, 0.1) is 0 Å². The van der Waals surface area contributed by atoms with Crippen LogP contribution >= 0.6 is 0 Å². The number of hydrogen-bond donors (Lipinski definition) is 0. The van der Waals surface area contributed by atoms with E-state index < -0.39 is 5.54 Å². The van der Waals surface area contributed by atoms with E-state index in [1.165, 1.54) is 0 Å². The highest BCUT2D eigenvalue weighted by Gasteiger charge is 2.36. The predicted molar refractivity (Wildman–Crippen MR) is 57.1 cm³/mol. The third-order valence-electron chi connectivity index (χ3n) is 2.61. The summed E-state index contributed by atoms with van der Waals surface area (Å²) in [6, 6.07) is 9.93. The molecule has 72 valence electrons. The van der Waals surface area contributed by atoms with Gasteiger partial charge in [0.1, 0.15) is 5.54 Å². The largest absolute Gasteiger partial charge is 0.335 e. The van der Waals surface area contributed by atoms with Gasteiger partial charge in [-0.15, -0.1) is 0 Å². The molecule has 2 rings (SSSR count).